The molecule has 0 saturated carbocycles. The normalized spacial score (nSPS) is 20.8. The van der Waals surface area contributed by atoms with Crippen LogP contribution >= 0.6 is 11.8 Å². The molecule has 0 aliphatic carbocycles. The highest BCUT2D eigenvalue weighted by atomic mass is 32.2. The van der Waals surface area contributed by atoms with Crippen LogP contribution in [0.15, 0.2) is 29.1 Å². The molecule has 26 heavy (non-hydrogen) atoms. The first-order valence-corrected chi connectivity index (χ1v) is 10.1. The Bertz CT molecular complexity index is 877. The summed E-state index contributed by atoms with van der Waals surface area (Å²) in [6.45, 7) is 8.17. The number of aromatic nitrogens is 2. The average Bonchev–Trinajstić information content (AvgIpc) is 2.83. The van der Waals surface area contributed by atoms with Crippen LogP contribution in [0.4, 0.5) is 0 Å². The number of fused-ring (bicyclic) bond motifs is 1. The zero-order chi connectivity index (χ0) is 18.5. The van der Waals surface area contributed by atoms with Crippen LogP contribution in [-0.4, -0.2) is 34.0 Å². The lowest BCUT2D eigenvalue weighted by molar-refractivity contribution is 0.00578. The molecule has 2 aliphatic heterocycles. The van der Waals surface area contributed by atoms with E-state index in [9.17, 15) is 4.79 Å². The molecule has 0 atom stereocenters. The van der Waals surface area contributed by atoms with Crippen LogP contribution in [0.5, 0.6) is 0 Å². The highest BCUT2D eigenvalue weighted by Crippen LogP contribution is 2.36. The first-order chi connectivity index (χ1) is 12.3. The number of aromatic amines is 1. The molecule has 1 N–H and O–H groups in total. The van der Waals surface area contributed by atoms with E-state index in [0.717, 1.165) is 40.2 Å². The molecular formula is C19H23BN2O3S. The molecule has 5 nitrogen and oxygen atoms in total. The number of aryl methyl sites for hydroxylation is 1. The second-order valence-corrected chi connectivity index (χ2v) is 8.96. The third-order valence-electron chi connectivity index (χ3n) is 5.54. The molecule has 4 rings (SSSR count). The molecule has 1 saturated heterocycles. The van der Waals surface area contributed by atoms with E-state index in [2.05, 4.69) is 9.97 Å². The van der Waals surface area contributed by atoms with Crippen LogP contribution in [0.2, 0.25) is 0 Å². The van der Waals surface area contributed by atoms with Gasteiger partial charge in [0.05, 0.1) is 16.9 Å². The van der Waals surface area contributed by atoms with Crippen molar-refractivity contribution in [3.05, 3.63) is 45.9 Å². The van der Waals surface area contributed by atoms with Crippen LogP contribution < -0.4 is 11.0 Å². The monoisotopic (exact) mass is 370 g/mol. The SMILES string of the molecule is CC1(C)OB(c2ccc(-c3nc4c(c(=O)[nH]3)CSCC4)cc2)OC1(C)C. The Kier molecular flexibility index (Phi) is 4.29. The number of rotatable bonds is 2. The van der Waals surface area contributed by atoms with Crippen molar-refractivity contribution >= 4 is 24.3 Å². The summed E-state index contributed by atoms with van der Waals surface area (Å²) in [4.78, 5) is 19.9. The van der Waals surface area contributed by atoms with Gasteiger partial charge in [-0.1, -0.05) is 24.3 Å². The summed E-state index contributed by atoms with van der Waals surface area (Å²) < 4.78 is 12.2. The number of nitrogens with zero attached hydrogens (tertiary/aromatic N) is 1. The second-order valence-electron chi connectivity index (χ2n) is 7.85. The molecular weight excluding hydrogens is 347 g/mol. The Hall–Kier alpha value is -1.57. The van der Waals surface area contributed by atoms with Crippen LogP contribution in [0.1, 0.15) is 39.0 Å². The van der Waals surface area contributed by atoms with Crippen molar-refractivity contribution in [2.24, 2.45) is 0 Å². The summed E-state index contributed by atoms with van der Waals surface area (Å²) >= 11 is 1.78. The Morgan fingerprint density at radius 2 is 1.77 bits per heavy atom. The van der Waals surface area contributed by atoms with E-state index in [0.29, 0.717) is 5.82 Å². The third-order valence-corrected chi connectivity index (χ3v) is 6.53. The van der Waals surface area contributed by atoms with E-state index < -0.39 is 0 Å². The fourth-order valence-corrected chi connectivity index (χ4v) is 4.14. The van der Waals surface area contributed by atoms with Gasteiger partial charge in [0, 0.05) is 16.9 Å². The van der Waals surface area contributed by atoms with Crippen molar-refractivity contribution in [1.82, 2.24) is 9.97 Å². The van der Waals surface area contributed by atoms with Gasteiger partial charge in [0.15, 0.2) is 0 Å². The lowest BCUT2D eigenvalue weighted by atomic mass is 9.79. The van der Waals surface area contributed by atoms with Crippen molar-refractivity contribution < 1.29 is 9.31 Å². The van der Waals surface area contributed by atoms with Crippen molar-refractivity contribution in [1.29, 1.82) is 0 Å². The first kappa shape index (κ1) is 17.8. The first-order valence-electron chi connectivity index (χ1n) is 8.93. The van der Waals surface area contributed by atoms with Crippen LogP contribution in [-0.2, 0) is 21.5 Å². The van der Waals surface area contributed by atoms with Gasteiger partial charge in [-0.25, -0.2) is 4.98 Å². The summed E-state index contributed by atoms with van der Waals surface area (Å²) in [5.41, 5.74) is 2.86. The largest absolute Gasteiger partial charge is 0.494 e. The van der Waals surface area contributed by atoms with E-state index in [1.165, 1.54) is 0 Å². The molecule has 1 aromatic heterocycles. The van der Waals surface area contributed by atoms with Gasteiger partial charge in [-0.15, -0.1) is 0 Å². The maximum Gasteiger partial charge on any atom is 0.494 e. The highest BCUT2D eigenvalue weighted by Gasteiger charge is 2.51. The standard InChI is InChI=1S/C19H23BN2O3S/c1-18(2)19(3,4)25-20(24-18)13-7-5-12(6-8-13)16-21-15-9-10-26-11-14(15)17(23)22-16/h5-8H,9-11H2,1-4H3,(H,21,22,23). The molecule has 2 aromatic rings. The van der Waals surface area contributed by atoms with Gasteiger partial charge in [-0.2, -0.15) is 11.8 Å². The van der Waals surface area contributed by atoms with Gasteiger partial charge in [-0.05, 0) is 45.3 Å². The van der Waals surface area contributed by atoms with Crippen molar-refractivity contribution in [2.45, 2.75) is 51.1 Å². The molecule has 0 radical (unpaired) electrons. The Balaban J connectivity index is 1.61. The molecule has 7 heteroatoms. The summed E-state index contributed by atoms with van der Waals surface area (Å²) in [7, 11) is -0.387. The van der Waals surface area contributed by atoms with E-state index in [1.807, 2.05) is 52.0 Å². The Labute approximate surface area is 158 Å². The minimum atomic E-state index is -0.387. The van der Waals surface area contributed by atoms with E-state index >= 15 is 0 Å². The zero-order valence-corrected chi connectivity index (χ0v) is 16.4. The number of hydrogen-bond acceptors (Lipinski definition) is 5. The number of H-pyrrole nitrogens is 1. The fraction of sp³-hybridized carbons (Fsp3) is 0.474. The minimum Gasteiger partial charge on any atom is -0.399 e. The molecule has 0 spiro atoms. The summed E-state index contributed by atoms with van der Waals surface area (Å²) in [6.07, 6.45) is 0.850. The predicted molar refractivity (Wildman–Crippen MR) is 106 cm³/mol. The van der Waals surface area contributed by atoms with Crippen LogP contribution in [0.3, 0.4) is 0 Å². The summed E-state index contributed by atoms with van der Waals surface area (Å²) in [5.74, 6) is 2.39. The highest BCUT2D eigenvalue weighted by molar-refractivity contribution is 7.98. The summed E-state index contributed by atoms with van der Waals surface area (Å²) in [5, 5.41) is 0. The van der Waals surface area contributed by atoms with E-state index in [4.69, 9.17) is 9.31 Å². The number of thioether (sulfide) groups is 1. The lowest BCUT2D eigenvalue weighted by Crippen LogP contribution is -2.41. The van der Waals surface area contributed by atoms with E-state index in [1.54, 1.807) is 11.8 Å². The zero-order valence-electron chi connectivity index (χ0n) is 15.6. The lowest BCUT2D eigenvalue weighted by Gasteiger charge is -2.32. The topological polar surface area (TPSA) is 64.2 Å². The van der Waals surface area contributed by atoms with Gasteiger partial charge >= 0.3 is 7.12 Å². The van der Waals surface area contributed by atoms with E-state index in [-0.39, 0.29) is 23.9 Å². The van der Waals surface area contributed by atoms with Gasteiger partial charge in [0.2, 0.25) is 0 Å². The quantitative estimate of drug-likeness (QED) is 0.823. The van der Waals surface area contributed by atoms with Crippen LogP contribution in [0, 0.1) is 0 Å². The Morgan fingerprint density at radius 3 is 2.42 bits per heavy atom. The van der Waals surface area contributed by atoms with Crippen molar-refractivity contribution in [2.75, 3.05) is 5.75 Å². The maximum absolute atomic E-state index is 12.3. The fourth-order valence-electron chi connectivity index (χ4n) is 3.16. The van der Waals surface area contributed by atoms with Crippen LogP contribution in [0.25, 0.3) is 11.4 Å². The summed E-state index contributed by atoms with van der Waals surface area (Å²) in [6, 6.07) is 7.88. The molecule has 1 aromatic carbocycles. The minimum absolute atomic E-state index is 0.0211. The third kappa shape index (κ3) is 3.02. The molecule has 136 valence electrons. The number of nitrogens with one attached hydrogen (secondary N) is 1. The molecule has 0 unspecified atom stereocenters. The van der Waals surface area contributed by atoms with Gasteiger partial charge < -0.3 is 14.3 Å². The molecule has 0 bridgehead atoms. The predicted octanol–water partition coefficient (Wildman–Crippen LogP) is 2.53. The maximum atomic E-state index is 12.3. The van der Waals surface area contributed by atoms with Crippen molar-refractivity contribution in [3.8, 4) is 11.4 Å². The molecule has 0 amide bonds. The smallest absolute Gasteiger partial charge is 0.399 e. The number of hydrogen-bond donors (Lipinski definition) is 1. The average molecular weight is 370 g/mol. The van der Waals surface area contributed by atoms with Crippen molar-refractivity contribution in [3.63, 3.8) is 0 Å². The molecule has 2 aliphatic rings. The Morgan fingerprint density at radius 1 is 1.12 bits per heavy atom. The second kappa shape index (κ2) is 6.25. The van der Waals surface area contributed by atoms with Gasteiger partial charge in [0.1, 0.15) is 5.82 Å². The van der Waals surface area contributed by atoms with Gasteiger partial charge in [-0.3, -0.25) is 4.79 Å². The van der Waals surface area contributed by atoms with Gasteiger partial charge in [0.25, 0.3) is 5.56 Å². The number of benzene rings is 1. The molecule has 3 heterocycles. The molecule has 1 fully saturated rings.